The summed E-state index contributed by atoms with van der Waals surface area (Å²) >= 11 is 1.23. The average Bonchev–Trinajstić information content (AvgIpc) is 2.79. The Morgan fingerprint density at radius 3 is 2.38 bits per heavy atom. The fraction of sp³-hybridized carbons (Fsp3) is 0.0870. The minimum absolute atomic E-state index is 0.0258. The second kappa shape index (κ2) is 10.9. The van der Waals surface area contributed by atoms with Gasteiger partial charge in [-0.25, -0.2) is 4.79 Å². The van der Waals surface area contributed by atoms with Crippen LogP contribution in [0.5, 0.6) is 5.75 Å². The SMILES string of the molecule is N#Cc1ccccc1Sc1ccccc1C(=O)OCC(=O)Nc1ccccc1OC(F)F. The maximum Gasteiger partial charge on any atom is 0.387 e. The van der Waals surface area contributed by atoms with Crippen molar-refractivity contribution in [2.75, 3.05) is 11.9 Å². The molecule has 0 heterocycles. The number of carbonyl (C=O) groups excluding carboxylic acids is 2. The molecule has 0 unspecified atom stereocenters. The Bertz CT molecular complexity index is 1160. The lowest BCUT2D eigenvalue weighted by atomic mass is 10.2. The number of hydrogen-bond acceptors (Lipinski definition) is 6. The first kappa shape index (κ1) is 22.8. The lowest BCUT2D eigenvalue weighted by molar-refractivity contribution is -0.119. The topological polar surface area (TPSA) is 88.4 Å². The van der Waals surface area contributed by atoms with Crippen molar-refractivity contribution in [2.24, 2.45) is 0 Å². The van der Waals surface area contributed by atoms with E-state index in [-0.39, 0.29) is 17.0 Å². The van der Waals surface area contributed by atoms with Gasteiger partial charge in [0.15, 0.2) is 6.61 Å². The highest BCUT2D eigenvalue weighted by molar-refractivity contribution is 7.99. The largest absolute Gasteiger partial charge is 0.452 e. The van der Waals surface area contributed by atoms with Crippen molar-refractivity contribution >= 4 is 29.3 Å². The summed E-state index contributed by atoms with van der Waals surface area (Å²) in [6.07, 6.45) is 0. The number of nitrogens with zero attached hydrogens (tertiary/aromatic N) is 1. The van der Waals surface area contributed by atoms with E-state index in [1.54, 1.807) is 48.5 Å². The first-order chi connectivity index (χ1) is 15.5. The molecule has 0 aliphatic rings. The van der Waals surface area contributed by atoms with Gasteiger partial charge in [0, 0.05) is 9.79 Å². The Hall–Kier alpha value is -3.90. The van der Waals surface area contributed by atoms with E-state index in [0.29, 0.717) is 15.4 Å². The molecule has 0 atom stereocenters. The monoisotopic (exact) mass is 454 g/mol. The lowest BCUT2D eigenvalue weighted by Crippen LogP contribution is -2.21. The highest BCUT2D eigenvalue weighted by atomic mass is 32.2. The van der Waals surface area contributed by atoms with Gasteiger partial charge in [-0.2, -0.15) is 14.0 Å². The van der Waals surface area contributed by atoms with Crippen LogP contribution in [0.4, 0.5) is 14.5 Å². The summed E-state index contributed by atoms with van der Waals surface area (Å²) < 4.78 is 34.4. The Morgan fingerprint density at radius 2 is 1.62 bits per heavy atom. The molecular formula is C23H16F2N2O4S. The smallest absolute Gasteiger partial charge is 0.387 e. The number of halogens is 2. The molecule has 1 amide bonds. The van der Waals surface area contributed by atoms with Crippen molar-refractivity contribution < 1.29 is 27.8 Å². The van der Waals surface area contributed by atoms with Crippen LogP contribution in [-0.2, 0) is 9.53 Å². The predicted molar refractivity (Wildman–Crippen MR) is 114 cm³/mol. The van der Waals surface area contributed by atoms with Crippen LogP contribution >= 0.6 is 11.8 Å². The van der Waals surface area contributed by atoms with E-state index in [4.69, 9.17) is 4.74 Å². The number of nitrogens with one attached hydrogen (secondary N) is 1. The molecule has 3 aromatic carbocycles. The minimum Gasteiger partial charge on any atom is -0.452 e. The quantitative estimate of drug-likeness (QED) is 0.476. The third kappa shape index (κ3) is 6.06. The molecule has 0 aliphatic heterocycles. The van der Waals surface area contributed by atoms with Crippen LogP contribution in [0, 0.1) is 11.3 Å². The van der Waals surface area contributed by atoms with E-state index in [1.165, 1.54) is 36.0 Å². The molecule has 1 N–H and O–H groups in total. The van der Waals surface area contributed by atoms with Crippen LogP contribution in [0.2, 0.25) is 0 Å². The van der Waals surface area contributed by atoms with Crippen molar-refractivity contribution in [1.82, 2.24) is 0 Å². The van der Waals surface area contributed by atoms with E-state index in [1.807, 2.05) is 0 Å². The first-order valence-electron chi connectivity index (χ1n) is 9.24. The van der Waals surface area contributed by atoms with Crippen molar-refractivity contribution in [3.05, 3.63) is 83.9 Å². The molecule has 0 spiro atoms. The van der Waals surface area contributed by atoms with E-state index in [2.05, 4.69) is 16.1 Å². The summed E-state index contributed by atoms with van der Waals surface area (Å²) in [6, 6.07) is 21.4. The van der Waals surface area contributed by atoms with E-state index < -0.39 is 25.1 Å². The summed E-state index contributed by atoms with van der Waals surface area (Å²) in [7, 11) is 0. The molecule has 0 bridgehead atoms. The molecule has 6 nitrogen and oxygen atoms in total. The summed E-state index contributed by atoms with van der Waals surface area (Å²) in [5, 5.41) is 11.6. The predicted octanol–water partition coefficient (Wildman–Crippen LogP) is 5.11. The highest BCUT2D eigenvalue weighted by Gasteiger charge is 2.17. The van der Waals surface area contributed by atoms with Gasteiger partial charge in [-0.15, -0.1) is 0 Å². The van der Waals surface area contributed by atoms with Crippen molar-refractivity contribution in [3.8, 4) is 11.8 Å². The van der Waals surface area contributed by atoms with Gasteiger partial charge in [-0.05, 0) is 36.4 Å². The Balaban J connectivity index is 1.66. The van der Waals surface area contributed by atoms with Crippen LogP contribution in [0.3, 0.4) is 0 Å². The molecule has 3 rings (SSSR count). The summed E-state index contributed by atoms with van der Waals surface area (Å²) in [5.41, 5.74) is 0.710. The second-order valence-corrected chi connectivity index (χ2v) is 7.29. The van der Waals surface area contributed by atoms with E-state index in [0.717, 1.165) is 0 Å². The van der Waals surface area contributed by atoms with Crippen LogP contribution in [0.15, 0.2) is 82.6 Å². The van der Waals surface area contributed by atoms with Crippen molar-refractivity contribution in [2.45, 2.75) is 16.4 Å². The van der Waals surface area contributed by atoms with Crippen molar-refractivity contribution in [1.29, 1.82) is 5.26 Å². The molecule has 162 valence electrons. The normalized spacial score (nSPS) is 10.3. The van der Waals surface area contributed by atoms with Gasteiger partial charge in [0.2, 0.25) is 0 Å². The fourth-order valence-corrected chi connectivity index (χ4v) is 3.67. The van der Waals surface area contributed by atoms with Crippen LogP contribution in [0.25, 0.3) is 0 Å². The molecule has 32 heavy (non-hydrogen) atoms. The molecule has 3 aromatic rings. The van der Waals surface area contributed by atoms with Gasteiger partial charge in [-0.1, -0.05) is 48.2 Å². The van der Waals surface area contributed by atoms with Crippen LogP contribution < -0.4 is 10.1 Å². The zero-order chi connectivity index (χ0) is 22.9. The number of esters is 1. The number of ether oxygens (including phenoxy) is 2. The number of hydrogen-bond donors (Lipinski definition) is 1. The van der Waals surface area contributed by atoms with Crippen LogP contribution in [0.1, 0.15) is 15.9 Å². The fourth-order valence-electron chi connectivity index (χ4n) is 2.65. The highest BCUT2D eigenvalue weighted by Crippen LogP contribution is 2.33. The average molecular weight is 454 g/mol. The first-order valence-corrected chi connectivity index (χ1v) is 10.1. The molecule has 0 fully saturated rings. The molecule has 0 aromatic heterocycles. The van der Waals surface area contributed by atoms with Gasteiger partial charge < -0.3 is 14.8 Å². The van der Waals surface area contributed by atoms with E-state index in [9.17, 15) is 23.6 Å². The van der Waals surface area contributed by atoms with Gasteiger partial charge >= 0.3 is 12.6 Å². The van der Waals surface area contributed by atoms with Gasteiger partial charge in [0.05, 0.1) is 16.8 Å². The number of anilines is 1. The number of carbonyl (C=O) groups is 2. The zero-order valence-electron chi connectivity index (χ0n) is 16.5. The molecule has 0 saturated heterocycles. The lowest BCUT2D eigenvalue weighted by Gasteiger charge is -2.12. The molecule has 0 radical (unpaired) electrons. The minimum atomic E-state index is -3.05. The summed E-state index contributed by atoms with van der Waals surface area (Å²) in [5.74, 6) is -1.67. The Morgan fingerprint density at radius 1 is 0.969 bits per heavy atom. The second-order valence-electron chi connectivity index (χ2n) is 6.21. The molecular weight excluding hydrogens is 438 g/mol. The number of nitriles is 1. The van der Waals surface area contributed by atoms with Gasteiger partial charge in [-0.3, -0.25) is 4.79 Å². The molecule has 0 saturated carbocycles. The molecule has 9 heteroatoms. The zero-order valence-corrected chi connectivity index (χ0v) is 17.3. The Kier molecular flexibility index (Phi) is 7.78. The van der Waals surface area contributed by atoms with E-state index >= 15 is 0 Å². The number of alkyl halides is 2. The third-order valence-corrected chi connectivity index (χ3v) is 5.20. The number of amides is 1. The maximum atomic E-state index is 12.6. The van der Waals surface area contributed by atoms with Crippen molar-refractivity contribution in [3.63, 3.8) is 0 Å². The van der Waals surface area contributed by atoms with Gasteiger partial charge in [0.25, 0.3) is 5.91 Å². The van der Waals surface area contributed by atoms with Gasteiger partial charge in [0.1, 0.15) is 11.8 Å². The number of para-hydroxylation sites is 2. The maximum absolute atomic E-state index is 12.6. The third-order valence-electron chi connectivity index (χ3n) is 4.05. The standard InChI is InChI=1S/C23H16F2N2O4S/c24-23(25)31-18-10-4-3-9-17(18)27-21(28)14-30-22(29)16-8-2-6-12-20(16)32-19-11-5-1-7-15(19)13-26/h1-12,23H,14H2,(H,27,28). The number of rotatable bonds is 8. The summed E-state index contributed by atoms with van der Waals surface area (Å²) in [4.78, 5) is 26.0. The van der Waals surface area contributed by atoms with Crippen LogP contribution in [-0.4, -0.2) is 25.1 Å². The number of benzene rings is 3. The Labute approximate surface area is 186 Å². The molecule has 0 aliphatic carbocycles. The summed E-state index contributed by atoms with van der Waals surface area (Å²) in [6.45, 7) is -3.68.